The van der Waals surface area contributed by atoms with Crippen LogP contribution in [0.2, 0.25) is 5.02 Å². The molecule has 0 aromatic heterocycles. The quantitative estimate of drug-likeness (QED) is 0.824. The largest absolute Gasteiger partial charge is 0.310 e. The molecule has 1 aromatic carbocycles. The summed E-state index contributed by atoms with van der Waals surface area (Å²) in [6.45, 7) is 5.24. The minimum absolute atomic E-state index is 0.745. The van der Waals surface area contributed by atoms with Crippen LogP contribution < -0.4 is 5.32 Å². The van der Waals surface area contributed by atoms with Gasteiger partial charge in [0.1, 0.15) is 0 Å². The molecule has 2 rings (SSSR count). The predicted molar refractivity (Wildman–Crippen MR) is 65.2 cm³/mol. The standard InChI is InChI=1S/C13H18ClN/c1-3-11-7-13(11)15-8-10-5-4-9(2)12(14)6-10/h4-6,11,13,15H,3,7-8H2,1-2H3. The van der Waals surface area contributed by atoms with E-state index in [0.29, 0.717) is 0 Å². The second-order valence-electron chi connectivity index (χ2n) is 4.47. The van der Waals surface area contributed by atoms with Crippen LogP contribution in [0.1, 0.15) is 30.9 Å². The van der Waals surface area contributed by atoms with Crippen LogP contribution in [0.5, 0.6) is 0 Å². The summed E-state index contributed by atoms with van der Waals surface area (Å²) in [6, 6.07) is 7.05. The first kappa shape index (κ1) is 11.0. The first-order valence-corrected chi connectivity index (χ1v) is 6.07. The van der Waals surface area contributed by atoms with Crippen molar-refractivity contribution in [2.24, 2.45) is 5.92 Å². The number of hydrogen-bond donors (Lipinski definition) is 1. The lowest BCUT2D eigenvalue weighted by atomic mass is 10.1. The maximum absolute atomic E-state index is 6.07. The minimum Gasteiger partial charge on any atom is -0.310 e. The fraction of sp³-hybridized carbons (Fsp3) is 0.538. The normalized spacial score (nSPS) is 24.2. The van der Waals surface area contributed by atoms with Gasteiger partial charge in [-0.3, -0.25) is 0 Å². The van der Waals surface area contributed by atoms with E-state index in [-0.39, 0.29) is 0 Å². The van der Waals surface area contributed by atoms with Crippen LogP contribution in [0.3, 0.4) is 0 Å². The Morgan fingerprint density at radius 1 is 1.47 bits per heavy atom. The van der Waals surface area contributed by atoms with Gasteiger partial charge in [-0.2, -0.15) is 0 Å². The van der Waals surface area contributed by atoms with E-state index in [9.17, 15) is 0 Å². The fourth-order valence-electron chi connectivity index (χ4n) is 1.94. The first-order valence-electron chi connectivity index (χ1n) is 5.69. The van der Waals surface area contributed by atoms with Crippen molar-refractivity contribution < 1.29 is 0 Å². The van der Waals surface area contributed by atoms with Crippen molar-refractivity contribution in [1.82, 2.24) is 5.32 Å². The van der Waals surface area contributed by atoms with E-state index in [1.54, 1.807) is 0 Å². The Balaban J connectivity index is 1.86. The molecule has 1 N–H and O–H groups in total. The minimum atomic E-state index is 0.745. The molecule has 0 aliphatic heterocycles. The Hall–Kier alpha value is -0.530. The summed E-state index contributed by atoms with van der Waals surface area (Å²) in [4.78, 5) is 0. The van der Waals surface area contributed by atoms with Gasteiger partial charge in [-0.1, -0.05) is 37.1 Å². The summed E-state index contributed by atoms with van der Waals surface area (Å²) < 4.78 is 0. The SMILES string of the molecule is CCC1CC1NCc1ccc(C)c(Cl)c1. The van der Waals surface area contributed by atoms with Crippen LogP contribution in [0.4, 0.5) is 0 Å². The molecule has 0 saturated heterocycles. The van der Waals surface area contributed by atoms with Gasteiger partial charge in [0.15, 0.2) is 0 Å². The second kappa shape index (κ2) is 4.54. The third-order valence-electron chi connectivity index (χ3n) is 3.25. The zero-order valence-electron chi connectivity index (χ0n) is 9.39. The smallest absolute Gasteiger partial charge is 0.0438 e. The highest BCUT2D eigenvalue weighted by Gasteiger charge is 2.34. The highest BCUT2D eigenvalue weighted by Crippen LogP contribution is 2.33. The molecule has 1 fully saturated rings. The highest BCUT2D eigenvalue weighted by atomic mass is 35.5. The lowest BCUT2D eigenvalue weighted by molar-refractivity contribution is 0.623. The molecule has 0 radical (unpaired) electrons. The van der Waals surface area contributed by atoms with Crippen molar-refractivity contribution in [1.29, 1.82) is 0 Å². The average molecular weight is 224 g/mol. The number of benzene rings is 1. The van der Waals surface area contributed by atoms with Gasteiger partial charge in [-0.15, -0.1) is 0 Å². The summed E-state index contributed by atoms with van der Waals surface area (Å²) in [6.07, 6.45) is 2.64. The Morgan fingerprint density at radius 3 is 2.87 bits per heavy atom. The Kier molecular flexibility index (Phi) is 3.32. The zero-order valence-corrected chi connectivity index (χ0v) is 10.1. The van der Waals surface area contributed by atoms with Crippen molar-refractivity contribution in [3.8, 4) is 0 Å². The van der Waals surface area contributed by atoms with Crippen molar-refractivity contribution in [3.05, 3.63) is 34.3 Å². The lowest BCUT2D eigenvalue weighted by Crippen LogP contribution is -2.17. The monoisotopic (exact) mass is 223 g/mol. The molecule has 2 unspecified atom stereocenters. The fourth-order valence-corrected chi connectivity index (χ4v) is 2.15. The molecule has 82 valence electrons. The third-order valence-corrected chi connectivity index (χ3v) is 3.66. The van der Waals surface area contributed by atoms with Crippen LogP contribution in [0.25, 0.3) is 0 Å². The number of hydrogen-bond acceptors (Lipinski definition) is 1. The molecule has 0 amide bonds. The van der Waals surface area contributed by atoms with Crippen molar-refractivity contribution in [2.45, 2.75) is 39.3 Å². The van der Waals surface area contributed by atoms with E-state index < -0.39 is 0 Å². The van der Waals surface area contributed by atoms with E-state index in [2.05, 4.69) is 30.4 Å². The van der Waals surface area contributed by atoms with Crippen LogP contribution in [0.15, 0.2) is 18.2 Å². The van der Waals surface area contributed by atoms with Gasteiger partial charge in [0.05, 0.1) is 0 Å². The second-order valence-corrected chi connectivity index (χ2v) is 4.88. The topological polar surface area (TPSA) is 12.0 Å². The average Bonchev–Trinajstić information content (AvgIpc) is 2.98. The van der Waals surface area contributed by atoms with Crippen molar-refractivity contribution in [3.63, 3.8) is 0 Å². The summed E-state index contributed by atoms with van der Waals surface area (Å²) in [5.74, 6) is 0.908. The Bertz CT molecular complexity index is 348. The Morgan fingerprint density at radius 2 is 2.27 bits per heavy atom. The number of aryl methyl sites for hydroxylation is 1. The predicted octanol–water partition coefficient (Wildman–Crippen LogP) is 3.54. The molecule has 1 nitrogen and oxygen atoms in total. The van der Waals surface area contributed by atoms with Crippen LogP contribution >= 0.6 is 11.6 Å². The number of halogens is 1. The Labute approximate surface area is 96.8 Å². The molecule has 1 aromatic rings. The maximum Gasteiger partial charge on any atom is 0.0438 e. The zero-order chi connectivity index (χ0) is 10.8. The molecule has 15 heavy (non-hydrogen) atoms. The molecule has 1 aliphatic carbocycles. The van der Waals surface area contributed by atoms with Gasteiger partial charge in [0.2, 0.25) is 0 Å². The summed E-state index contributed by atoms with van der Waals surface area (Å²) >= 11 is 6.07. The van der Waals surface area contributed by atoms with Crippen LogP contribution in [0, 0.1) is 12.8 Å². The third kappa shape index (κ3) is 2.73. The van der Waals surface area contributed by atoms with E-state index >= 15 is 0 Å². The molecule has 1 saturated carbocycles. The van der Waals surface area contributed by atoms with Gasteiger partial charge >= 0.3 is 0 Å². The summed E-state index contributed by atoms with van der Waals surface area (Å²) in [5, 5.41) is 4.43. The molecule has 2 atom stereocenters. The van der Waals surface area contributed by atoms with E-state index in [4.69, 9.17) is 11.6 Å². The molecule has 0 heterocycles. The van der Waals surface area contributed by atoms with Gasteiger partial charge in [0.25, 0.3) is 0 Å². The number of nitrogens with one attached hydrogen (secondary N) is 1. The van der Waals surface area contributed by atoms with Gasteiger partial charge in [-0.25, -0.2) is 0 Å². The maximum atomic E-state index is 6.07. The molecule has 2 heteroatoms. The van der Waals surface area contributed by atoms with Crippen molar-refractivity contribution in [2.75, 3.05) is 0 Å². The van der Waals surface area contributed by atoms with Gasteiger partial charge in [-0.05, 0) is 36.5 Å². The van der Waals surface area contributed by atoms with Gasteiger partial charge in [0, 0.05) is 17.6 Å². The lowest BCUT2D eigenvalue weighted by Gasteiger charge is -2.05. The highest BCUT2D eigenvalue weighted by molar-refractivity contribution is 6.31. The summed E-state index contributed by atoms with van der Waals surface area (Å²) in [5.41, 5.74) is 2.44. The summed E-state index contributed by atoms with van der Waals surface area (Å²) in [7, 11) is 0. The van der Waals surface area contributed by atoms with Gasteiger partial charge < -0.3 is 5.32 Å². The van der Waals surface area contributed by atoms with Crippen molar-refractivity contribution >= 4 is 11.6 Å². The first-order chi connectivity index (χ1) is 7.20. The van der Waals surface area contributed by atoms with Crippen LogP contribution in [-0.4, -0.2) is 6.04 Å². The van der Waals surface area contributed by atoms with E-state index in [0.717, 1.165) is 29.1 Å². The molecule has 0 spiro atoms. The van der Waals surface area contributed by atoms with Crippen LogP contribution in [-0.2, 0) is 6.54 Å². The van der Waals surface area contributed by atoms with E-state index in [1.807, 2.05) is 6.92 Å². The molecule has 1 aliphatic rings. The molecule has 0 bridgehead atoms. The van der Waals surface area contributed by atoms with E-state index in [1.165, 1.54) is 18.4 Å². The molecular weight excluding hydrogens is 206 g/mol. The number of rotatable bonds is 4. The molecular formula is C13H18ClN.